The van der Waals surface area contributed by atoms with E-state index in [4.69, 9.17) is 11.4 Å². The third-order valence-electron chi connectivity index (χ3n) is 6.66. The number of hydrogen-bond acceptors (Lipinski definition) is 5. The van der Waals surface area contributed by atoms with E-state index in [1.807, 2.05) is 116 Å². The molecule has 1 atom stereocenters. The molecule has 2 aromatic heterocycles. The summed E-state index contributed by atoms with van der Waals surface area (Å²) in [4.78, 5) is 26.0. The molecule has 6 heteroatoms. The van der Waals surface area contributed by atoms with E-state index in [9.17, 15) is 9.90 Å². The molecule has 1 aliphatic heterocycles. The van der Waals surface area contributed by atoms with Crippen LogP contribution in [0.5, 0.6) is 0 Å². The first kappa shape index (κ1) is 48.4. The molecule has 0 spiro atoms. The van der Waals surface area contributed by atoms with Crippen LogP contribution in [0.4, 0.5) is 0 Å². The summed E-state index contributed by atoms with van der Waals surface area (Å²) in [5, 5.41) is 10.2. The second kappa shape index (κ2) is 31.6. The monoisotopic (exact) mass is 659 g/mol. The van der Waals surface area contributed by atoms with Crippen LogP contribution in [0.25, 0.3) is 10.9 Å². The molecular formula is C42H66N4O2. The number of terminal acetylenes is 1. The van der Waals surface area contributed by atoms with Crippen LogP contribution in [0.2, 0.25) is 0 Å². The molecule has 0 fully saturated rings. The van der Waals surface area contributed by atoms with E-state index in [1.54, 1.807) is 19.3 Å². The molecule has 3 aromatic rings. The highest BCUT2D eigenvalue weighted by Gasteiger charge is 2.38. The van der Waals surface area contributed by atoms with Crippen LogP contribution in [-0.4, -0.2) is 39.0 Å². The lowest BCUT2D eigenvalue weighted by Gasteiger charge is -2.27. The van der Waals surface area contributed by atoms with Crippen molar-refractivity contribution in [3.8, 4) is 24.2 Å². The van der Waals surface area contributed by atoms with Crippen LogP contribution in [0, 0.1) is 29.6 Å². The lowest BCUT2D eigenvalue weighted by Crippen LogP contribution is -2.27. The highest BCUT2D eigenvalue weighted by Crippen LogP contribution is 2.39. The lowest BCUT2D eigenvalue weighted by molar-refractivity contribution is 0.162. The first-order valence-electron chi connectivity index (χ1n) is 18.2. The number of rotatable bonds is 7. The molecule has 1 aromatic carbocycles. The third kappa shape index (κ3) is 16.7. The summed E-state index contributed by atoms with van der Waals surface area (Å²) < 4.78 is 1.82. The van der Waals surface area contributed by atoms with Crippen LogP contribution in [0.3, 0.4) is 0 Å². The number of aliphatic hydroxyl groups is 1. The maximum Gasteiger partial charge on any atom is 0.261 e. The highest BCUT2D eigenvalue weighted by atomic mass is 16.3. The average Bonchev–Trinajstić information content (AvgIpc) is 3.54. The Morgan fingerprint density at radius 2 is 1.69 bits per heavy atom. The van der Waals surface area contributed by atoms with Crippen molar-refractivity contribution in [1.82, 2.24) is 14.5 Å². The molecule has 0 bridgehead atoms. The number of benzene rings is 1. The van der Waals surface area contributed by atoms with Gasteiger partial charge >= 0.3 is 0 Å². The minimum atomic E-state index is -0.0674. The van der Waals surface area contributed by atoms with Crippen LogP contribution in [0.15, 0.2) is 64.5 Å². The summed E-state index contributed by atoms with van der Waals surface area (Å²) in [6.45, 7) is 25.0. The number of hydrogen-bond donors (Lipinski definition) is 1. The standard InChI is InChI=1S/C25H31N3O2.C7H5N.5C2H6/c1-4-6-8-20(26-3)11-9-19-10-12-21-22(16-19)27-23-17-25(14-15-29,13-7-5-2)18-28(23)24(21)30;1-2-7-5-3-4-6-8-7;5*1-2/h6,8,10,12,16,29H,4-5,7,13-15,17-18H2,1-3H3;1,3-6H;5*1-2H3/b8-6-,26-20?;;;;;;. The Morgan fingerprint density at radius 1 is 1.02 bits per heavy atom. The van der Waals surface area contributed by atoms with E-state index in [0.717, 1.165) is 49.2 Å². The molecule has 1 N–H and O–H groups in total. The van der Waals surface area contributed by atoms with Gasteiger partial charge in [-0.25, -0.2) is 9.97 Å². The number of unbranched alkanes of at least 4 members (excludes halogenated alkanes) is 1. The molecule has 0 aliphatic carbocycles. The van der Waals surface area contributed by atoms with Gasteiger partial charge < -0.3 is 5.11 Å². The first-order chi connectivity index (χ1) is 23.5. The number of allylic oxidation sites excluding steroid dienone is 2. The fourth-order valence-corrected chi connectivity index (χ4v) is 4.60. The van der Waals surface area contributed by atoms with Crippen molar-refractivity contribution in [2.75, 3.05) is 13.7 Å². The molecule has 6 nitrogen and oxygen atoms in total. The first-order valence-corrected chi connectivity index (χ1v) is 18.2. The molecular weight excluding hydrogens is 592 g/mol. The zero-order chi connectivity index (χ0) is 37.4. The van der Waals surface area contributed by atoms with Gasteiger partial charge in [0.2, 0.25) is 0 Å². The van der Waals surface area contributed by atoms with Crippen LogP contribution < -0.4 is 5.56 Å². The van der Waals surface area contributed by atoms with Crippen LogP contribution >= 0.6 is 0 Å². The van der Waals surface area contributed by atoms with Gasteiger partial charge in [-0.1, -0.05) is 120 Å². The normalized spacial score (nSPS) is 13.6. The Balaban J connectivity index is -0.000000939. The summed E-state index contributed by atoms with van der Waals surface area (Å²) in [5.74, 6) is 9.45. The predicted octanol–water partition coefficient (Wildman–Crippen LogP) is 10.1. The zero-order valence-corrected chi connectivity index (χ0v) is 32.6. The summed E-state index contributed by atoms with van der Waals surface area (Å²) in [6, 6.07) is 11.1. The number of nitrogens with zero attached hydrogens (tertiary/aromatic N) is 4. The van der Waals surface area contributed by atoms with Crippen molar-refractivity contribution in [2.45, 2.75) is 128 Å². The summed E-state index contributed by atoms with van der Waals surface area (Å²) >= 11 is 0. The van der Waals surface area contributed by atoms with Crippen molar-refractivity contribution in [3.05, 3.63) is 82.2 Å². The Morgan fingerprint density at radius 3 is 2.19 bits per heavy atom. The number of aliphatic hydroxyl groups excluding tert-OH is 1. The maximum absolute atomic E-state index is 13.1. The molecule has 0 radical (unpaired) electrons. The van der Waals surface area contributed by atoms with E-state index >= 15 is 0 Å². The summed E-state index contributed by atoms with van der Waals surface area (Å²) in [6.07, 6.45) is 16.2. The molecule has 0 amide bonds. The Bertz CT molecular complexity index is 1450. The van der Waals surface area contributed by atoms with Gasteiger partial charge in [0.05, 0.1) is 10.9 Å². The minimum Gasteiger partial charge on any atom is -0.396 e. The van der Waals surface area contributed by atoms with Crippen molar-refractivity contribution in [3.63, 3.8) is 0 Å². The fourth-order valence-electron chi connectivity index (χ4n) is 4.60. The second-order valence-corrected chi connectivity index (χ2v) is 9.43. The van der Waals surface area contributed by atoms with Gasteiger partial charge in [0.15, 0.2) is 0 Å². The van der Waals surface area contributed by atoms with Gasteiger partial charge in [-0.15, -0.1) is 6.42 Å². The van der Waals surface area contributed by atoms with Crippen molar-refractivity contribution in [1.29, 1.82) is 0 Å². The van der Waals surface area contributed by atoms with Crippen molar-refractivity contribution >= 4 is 16.6 Å². The molecule has 1 unspecified atom stereocenters. The summed E-state index contributed by atoms with van der Waals surface area (Å²) in [5.41, 5.74) is 2.86. The van der Waals surface area contributed by atoms with Gasteiger partial charge in [-0.2, -0.15) is 0 Å². The second-order valence-electron chi connectivity index (χ2n) is 9.43. The van der Waals surface area contributed by atoms with Gasteiger partial charge in [0.25, 0.3) is 5.56 Å². The zero-order valence-electron chi connectivity index (χ0n) is 32.6. The molecule has 1 aliphatic rings. The SMILES string of the molecule is C#Cc1ccccn1.CC.CC.CC.CC.CC.CC/C=C\C(C#Cc1ccc2c(=O)n3c(nc2c1)CC(CCO)(CCCC)C3)=NC. The van der Waals surface area contributed by atoms with Crippen LogP contribution in [-0.2, 0) is 13.0 Å². The molecule has 0 saturated carbocycles. The number of pyridine rings is 1. The Labute approximate surface area is 294 Å². The molecule has 3 heterocycles. The fraction of sp³-hybridized carbons (Fsp3) is 0.524. The Kier molecular flexibility index (Phi) is 31.9. The van der Waals surface area contributed by atoms with Crippen molar-refractivity contribution in [2.24, 2.45) is 10.4 Å². The van der Waals surface area contributed by atoms with Gasteiger partial charge in [0, 0.05) is 38.4 Å². The third-order valence-corrected chi connectivity index (χ3v) is 6.66. The van der Waals surface area contributed by atoms with Gasteiger partial charge in [0.1, 0.15) is 17.2 Å². The number of aliphatic imine (C=N–C) groups is 1. The van der Waals surface area contributed by atoms with E-state index in [1.165, 1.54) is 0 Å². The van der Waals surface area contributed by atoms with E-state index < -0.39 is 0 Å². The summed E-state index contributed by atoms with van der Waals surface area (Å²) in [7, 11) is 1.73. The molecule has 4 rings (SSSR count). The molecule has 48 heavy (non-hydrogen) atoms. The highest BCUT2D eigenvalue weighted by molar-refractivity contribution is 6.09. The van der Waals surface area contributed by atoms with E-state index in [0.29, 0.717) is 29.6 Å². The van der Waals surface area contributed by atoms with E-state index in [-0.39, 0.29) is 17.6 Å². The topological polar surface area (TPSA) is 80.4 Å². The Hall–Kier alpha value is -4.00. The predicted molar refractivity (Wildman–Crippen MR) is 212 cm³/mol. The van der Waals surface area contributed by atoms with Gasteiger partial charge in [-0.3, -0.25) is 14.4 Å². The molecule has 266 valence electrons. The largest absolute Gasteiger partial charge is 0.396 e. The average molecular weight is 659 g/mol. The molecule has 0 saturated heterocycles. The van der Waals surface area contributed by atoms with Crippen LogP contribution in [0.1, 0.15) is 132 Å². The van der Waals surface area contributed by atoms with E-state index in [2.05, 4.69) is 41.6 Å². The maximum atomic E-state index is 13.1. The lowest BCUT2D eigenvalue weighted by atomic mass is 9.78. The quantitative estimate of drug-likeness (QED) is 0.202. The van der Waals surface area contributed by atoms with Crippen molar-refractivity contribution < 1.29 is 5.11 Å². The smallest absolute Gasteiger partial charge is 0.261 e. The number of aromatic nitrogens is 3. The number of fused-ring (bicyclic) bond motifs is 2. The minimum absolute atomic E-state index is 0.00695. The van der Waals surface area contributed by atoms with Gasteiger partial charge in [-0.05, 0) is 67.0 Å².